The number of fused-ring (bicyclic) bond motifs is 3. The van der Waals surface area contributed by atoms with E-state index >= 15 is 4.39 Å². The summed E-state index contributed by atoms with van der Waals surface area (Å²) < 4.78 is 16.2. The van der Waals surface area contributed by atoms with Crippen LogP contribution in [0.5, 0.6) is 5.75 Å². The average molecular weight is 588 g/mol. The van der Waals surface area contributed by atoms with Gasteiger partial charge in [0, 0.05) is 34.7 Å². The van der Waals surface area contributed by atoms with Crippen LogP contribution in [0.3, 0.4) is 0 Å². The standard InChI is InChI=1S/C31H42FN3O7/c1-29(2,3)13-30(4,5)35(8)12-15-11-18(36)20-16(22(15)32)9-14-10-17-23(34(6)7)25(38)21(28(33)41)27(40)31(17,42)26(39)19(14)24(20)37/h11,14,17,23,36-37,40,42H,9-10,12-13H2,1-8H3,(H2,33,41)/t14-,17-,23-,31-/m0/s1. The number of phenolic OH excluding ortho intramolecular Hbond substituents is 1. The number of nitrogens with two attached hydrogens (primary N) is 1. The maximum absolute atomic E-state index is 16.2. The quantitative estimate of drug-likeness (QED) is 0.315. The third-order valence-electron chi connectivity index (χ3n) is 9.13. The summed E-state index contributed by atoms with van der Waals surface area (Å²) in [7, 11) is 4.92. The van der Waals surface area contributed by atoms with Crippen LogP contribution in [0.25, 0.3) is 5.76 Å². The molecule has 0 spiro atoms. The van der Waals surface area contributed by atoms with E-state index in [1.54, 1.807) is 0 Å². The molecule has 6 N–H and O–H groups in total. The van der Waals surface area contributed by atoms with Crippen molar-refractivity contribution in [3.8, 4) is 5.75 Å². The van der Waals surface area contributed by atoms with Gasteiger partial charge in [-0.1, -0.05) is 20.8 Å². The highest BCUT2D eigenvalue weighted by Crippen LogP contribution is 2.53. The number of benzene rings is 1. The summed E-state index contributed by atoms with van der Waals surface area (Å²) in [6.07, 6.45) is 0.618. The number of aliphatic hydroxyl groups excluding tert-OH is 2. The molecule has 1 fully saturated rings. The van der Waals surface area contributed by atoms with E-state index < -0.39 is 69.6 Å². The number of carbonyl (C=O) groups excluding carboxylic acids is 3. The summed E-state index contributed by atoms with van der Waals surface area (Å²) >= 11 is 0. The van der Waals surface area contributed by atoms with Gasteiger partial charge in [0.2, 0.25) is 5.78 Å². The fraction of sp³-hybridized carbons (Fsp3) is 0.581. The number of hydrogen-bond donors (Lipinski definition) is 5. The summed E-state index contributed by atoms with van der Waals surface area (Å²) in [4.78, 5) is 42.6. The van der Waals surface area contributed by atoms with Gasteiger partial charge in [-0.25, -0.2) is 4.39 Å². The molecule has 230 valence electrons. The van der Waals surface area contributed by atoms with Crippen molar-refractivity contribution in [1.82, 2.24) is 9.80 Å². The number of phenols is 1. The first-order valence-corrected chi connectivity index (χ1v) is 14.0. The second kappa shape index (κ2) is 10.2. The van der Waals surface area contributed by atoms with Crippen LogP contribution in [0.15, 0.2) is 23.0 Å². The Morgan fingerprint density at radius 2 is 1.71 bits per heavy atom. The van der Waals surface area contributed by atoms with E-state index in [-0.39, 0.29) is 52.6 Å². The van der Waals surface area contributed by atoms with Crippen LogP contribution in [0, 0.1) is 23.1 Å². The Bertz CT molecular complexity index is 1440. The Labute approximate surface area is 245 Å². The molecule has 1 amide bonds. The van der Waals surface area contributed by atoms with E-state index in [2.05, 4.69) is 34.6 Å². The van der Waals surface area contributed by atoms with Gasteiger partial charge in [-0.3, -0.25) is 24.2 Å². The molecule has 3 aliphatic carbocycles. The van der Waals surface area contributed by atoms with Gasteiger partial charge in [0.1, 0.15) is 28.7 Å². The normalized spacial score (nSPS) is 26.5. The molecule has 4 rings (SSSR count). The number of carbonyl (C=O) groups is 3. The third kappa shape index (κ3) is 4.81. The third-order valence-corrected chi connectivity index (χ3v) is 9.13. The molecule has 0 aliphatic heterocycles. The van der Waals surface area contributed by atoms with Crippen molar-refractivity contribution >= 4 is 23.2 Å². The lowest BCUT2D eigenvalue weighted by Gasteiger charge is -2.50. The first-order chi connectivity index (χ1) is 19.1. The Balaban J connectivity index is 1.83. The molecule has 0 aromatic heterocycles. The molecule has 1 aromatic carbocycles. The van der Waals surface area contributed by atoms with E-state index in [1.165, 1.54) is 25.1 Å². The van der Waals surface area contributed by atoms with Gasteiger partial charge >= 0.3 is 0 Å². The lowest BCUT2D eigenvalue weighted by atomic mass is 9.57. The van der Waals surface area contributed by atoms with E-state index in [0.717, 1.165) is 6.42 Å². The topological polar surface area (TPSA) is 165 Å². The SMILES string of the molecule is CN(C)[C@@H]1C(=O)C(C(N)=O)=C(O)[C@@]2(O)C(=O)C3=C(O)c4c(O)cc(CN(C)C(C)(C)CC(C)(C)C)c(F)c4C[C@H]3C[C@@H]12. The van der Waals surface area contributed by atoms with Crippen LogP contribution in [-0.4, -0.2) is 86.0 Å². The van der Waals surface area contributed by atoms with Gasteiger partial charge in [-0.2, -0.15) is 0 Å². The minimum Gasteiger partial charge on any atom is -0.508 e. The number of hydrogen-bond acceptors (Lipinski definition) is 9. The molecule has 1 aromatic rings. The molecule has 0 unspecified atom stereocenters. The van der Waals surface area contributed by atoms with E-state index in [1.807, 2.05) is 11.9 Å². The molecule has 42 heavy (non-hydrogen) atoms. The fourth-order valence-corrected chi connectivity index (χ4v) is 7.36. The second-order valence-electron chi connectivity index (χ2n) is 14.1. The number of likely N-dealkylation sites (N-methyl/N-ethyl adjacent to an activating group) is 1. The van der Waals surface area contributed by atoms with E-state index in [0.29, 0.717) is 0 Å². The van der Waals surface area contributed by atoms with E-state index in [9.17, 15) is 34.8 Å². The summed E-state index contributed by atoms with van der Waals surface area (Å²) in [6.45, 7) is 10.7. The van der Waals surface area contributed by atoms with Gasteiger partial charge in [-0.15, -0.1) is 0 Å². The van der Waals surface area contributed by atoms with Crippen LogP contribution in [0.2, 0.25) is 0 Å². The van der Waals surface area contributed by atoms with Gasteiger partial charge < -0.3 is 26.2 Å². The molecule has 0 heterocycles. The van der Waals surface area contributed by atoms with E-state index in [4.69, 9.17) is 5.73 Å². The van der Waals surface area contributed by atoms with Gasteiger partial charge in [0.25, 0.3) is 5.91 Å². The molecule has 11 heteroatoms. The van der Waals surface area contributed by atoms with Crippen molar-refractivity contribution in [3.05, 3.63) is 45.5 Å². The van der Waals surface area contributed by atoms with Crippen LogP contribution in [0.4, 0.5) is 4.39 Å². The first kappa shape index (κ1) is 31.7. The van der Waals surface area contributed by atoms with Gasteiger partial charge in [0.05, 0.1) is 11.6 Å². The summed E-state index contributed by atoms with van der Waals surface area (Å²) in [5.41, 5.74) is 1.11. The summed E-state index contributed by atoms with van der Waals surface area (Å²) in [5.74, 6) is -8.27. The minimum absolute atomic E-state index is 0.0173. The number of ketones is 2. The summed E-state index contributed by atoms with van der Waals surface area (Å²) in [5, 5.41) is 44.9. The lowest BCUT2D eigenvalue weighted by molar-refractivity contribution is -0.153. The Morgan fingerprint density at radius 3 is 2.24 bits per heavy atom. The molecular formula is C31H42FN3O7. The number of aliphatic hydroxyl groups is 3. The smallest absolute Gasteiger partial charge is 0.255 e. The zero-order chi connectivity index (χ0) is 31.9. The molecule has 1 saturated carbocycles. The van der Waals surface area contributed by atoms with Crippen LogP contribution < -0.4 is 5.73 Å². The lowest BCUT2D eigenvalue weighted by Crippen LogP contribution is -2.65. The number of primary amides is 1. The molecule has 3 aliphatic rings. The van der Waals surface area contributed by atoms with Gasteiger partial charge in [-0.05, 0) is 71.7 Å². The first-order valence-electron chi connectivity index (χ1n) is 14.0. The van der Waals surface area contributed by atoms with Crippen molar-refractivity contribution < 1.29 is 39.2 Å². The minimum atomic E-state index is -2.74. The van der Waals surface area contributed by atoms with Crippen molar-refractivity contribution in [3.63, 3.8) is 0 Å². The summed E-state index contributed by atoms with van der Waals surface area (Å²) in [6, 6.07) is 0.0228. The van der Waals surface area contributed by atoms with Crippen molar-refractivity contribution in [2.75, 3.05) is 21.1 Å². The van der Waals surface area contributed by atoms with Crippen LogP contribution in [-0.2, 0) is 27.3 Å². The van der Waals surface area contributed by atoms with Gasteiger partial charge in [0.15, 0.2) is 11.4 Å². The van der Waals surface area contributed by atoms with Crippen molar-refractivity contribution in [1.29, 1.82) is 0 Å². The molecule has 4 atom stereocenters. The maximum Gasteiger partial charge on any atom is 0.255 e. The number of halogens is 1. The number of Topliss-reactive ketones (excluding diaryl/α,β-unsaturated/α-hetero) is 2. The number of nitrogens with zero attached hydrogens (tertiary/aromatic N) is 2. The molecule has 10 nitrogen and oxygen atoms in total. The highest BCUT2D eigenvalue weighted by atomic mass is 19.1. The average Bonchev–Trinajstić information content (AvgIpc) is 2.82. The maximum atomic E-state index is 16.2. The Kier molecular flexibility index (Phi) is 7.66. The van der Waals surface area contributed by atoms with Crippen LogP contribution >= 0.6 is 0 Å². The van der Waals surface area contributed by atoms with Crippen molar-refractivity contribution in [2.45, 2.75) is 77.6 Å². The van der Waals surface area contributed by atoms with Crippen molar-refractivity contribution in [2.24, 2.45) is 23.0 Å². The molecule has 0 bridgehead atoms. The van der Waals surface area contributed by atoms with Crippen LogP contribution in [0.1, 0.15) is 64.2 Å². The second-order valence-corrected chi connectivity index (χ2v) is 14.1. The number of aromatic hydroxyl groups is 1. The highest BCUT2D eigenvalue weighted by molar-refractivity contribution is 6.24. The monoisotopic (exact) mass is 587 g/mol. The zero-order valence-electron chi connectivity index (χ0n) is 25.5. The zero-order valence-corrected chi connectivity index (χ0v) is 25.5. The number of rotatable bonds is 6. The largest absolute Gasteiger partial charge is 0.508 e. The Hall–Kier alpha value is -3.28. The molecule has 0 radical (unpaired) electrons. The Morgan fingerprint density at radius 1 is 1.12 bits per heavy atom. The predicted molar refractivity (Wildman–Crippen MR) is 154 cm³/mol. The fourth-order valence-electron chi connectivity index (χ4n) is 7.36. The predicted octanol–water partition coefficient (Wildman–Crippen LogP) is 2.75. The highest BCUT2D eigenvalue weighted by Gasteiger charge is 2.64. The molecule has 0 saturated heterocycles. The number of amides is 1. The molecular weight excluding hydrogens is 545 g/mol.